The standard InChI is InChI=1S/C9H12NO/c1-2-3-5-8-6-4-7-10-9(8)11/h4,6-7H,2-3,5H2,1H3. The molecule has 0 aromatic carbocycles. The van der Waals surface area contributed by atoms with E-state index in [1.54, 1.807) is 0 Å². The molecule has 0 unspecified atom stereocenters. The van der Waals surface area contributed by atoms with E-state index in [0.717, 1.165) is 24.8 Å². The molecule has 1 radical (unpaired) electrons. The number of aryl methyl sites for hydroxylation is 1. The van der Waals surface area contributed by atoms with Crippen molar-refractivity contribution in [2.75, 3.05) is 0 Å². The van der Waals surface area contributed by atoms with E-state index in [1.165, 1.54) is 6.20 Å². The van der Waals surface area contributed by atoms with E-state index in [1.807, 2.05) is 12.1 Å². The fourth-order valence-corrected chi connectivity index (χ4v) is 0.982. The second-order valence-corrected chi connectivity index (χ2v) is 2.57. The van der Waals surface area contributed by atoms with Crippen LogP contribution in [0.1, 0.15) is 25.3 Å². The van der Waals surface area contributed by atoms with Gasteiger partial charge in [0.05, 0.1) is 0 Å². The van der Waals surface area contributed by atoms with E-state index in [2.05, 4.69) is 11.9 Å². The van der Waals surface area contributed by atoms with E-state index in [-0.39, 0.29) is 5.88 Å². The number of unbranched alkanes of at least 4 members (excludes halogenated alkanes) is 1. The van der Waals surface area contributed by atoms with Gasteiger partial charge in [-0.2, -0.15) is 0 Å². The maximum absolute atomic E-state index is 11.0. The number of hydrogen-bond acceptors (Lipinski definition) is 1. The second-order valence-electron chi connectivity index (χ2n) is 2.57. The van der Waals surface area contributed by atoms with Gasteiger partial charge in [0, 0.05) is 11.8 Å². The summed E-state index contributed by atoms with van der Waals surface area (Å²) in [4.78, 5) is 3.68. The van der Waals surface area contributed by atoms with Crippen molar-refractivity contribution in [1.29, 1.82) is 0 Å². The Morgan fingerprint density at radius 3 is 3.00 bits per heavy atom. The van der Waals surface area contributed by atoms with Gasteiger partial charge in [-0.3, -0.25) is 5.11 Å². The Balaban J connectivity index is 2.62. The smallest absolute Gasteiger partial charge is 0.267 e. The van der Waals surface area contributed by atoms with Gasteiger partial charge in [-0.05, 0) is 18.9 Å². The number of nitrogens with zero attached hydrogens (tertiary/aromatic N) is 1. The predicted molar refractivity (Wildman–Crippen MR) is 43.0 cm³/mol. The van der Waals surface area contributed by atoms with Gasteiger partial charge in [0.2, 0.25) is 0 Å². The monoisotopic (exact) mass is 150 g/mol. The predicted octanol–water partition coefficient (Wildman–Crippen LogP) is 2.57. The van der Waals surface area contributed by atoms with E-state index in [0.29, 0.717) is 0 Å². The highest BCUT2D eigenvalue weighted by Gasteiger charge is 2.00. The van der Waals surface area contributed by atoms with Crippen LogP contribution in [0, 0.1) is 0 Å². The minimum atomic E-state index is -0.0686. The van der Waals surface area contributed by atoms with Crippen molar-refractivity contribution in [3.8, 4) is 5.88 Å². The van der Waals surface area contributed by atoms with Crippen LogP contribution < -0.4 is 0 Å². The average molecular weight is 150 g/mol. The van der Waals surface area contributed by atoms with Crippen molar-refractivity contribution >= 4 is 0 Å². The van der Waals surface area contributed by atoms with Crippen LogP contribution in [0.25, 0.3) is 0 Å². The lowest BCUT2D eigenvalue weighted by molar-refractivity contribution is 0.332. The Morgan fingerprint density at radius 1 is 1.55 bits per heavy atom. The SMILES string of the molecule is CCCCc1cccnc1[O]. The van der Waals surface area contributed by atoms with Crippen LogP contribution in [0.5, 0.6) is 5.88 Å². The first-order valence-electron chi connectivity index (χ1n) is 3.95. The third-order valence-electron chi connectivity index (χ3n) is 1.65. The van der Waals surface area contributed by atoms with Crippen LogP contribution in [-0.2, 0) is 11.5 Å². The first-order valence-corrected chi connectivity index (χ1v) is 3.95. The molecule has 1 aromatic heterocycles. The Labute approximate surface area is 66.9 Å². The molecule has 0 fully saturated rings. The van der Waals surface area contributed by atoms with Crippen molar-refractivity contribution in [2.45, 2.75) is 26.2 Å². The first-order chi connectivity index (χ1) is 5.34. The molecule has 0 bridgehead atoms. The zero-order chi connectivity index (χ0) is 8.10. The van der Waals surface area contributed by atoms with Gasteiger partial charge < -0.3 is 0 Å². The molecular weight excluding hydrogens is 138 g/mol. The number of rotatable bonds is 3. The maximum atomic E-state index is 11.0. The van der Waals surface area contributed by atoms with E-state index < -0.39 is 0 Å². The van der Waals surface area contributed by atoms with Crippen molar-refractivity contribution in [3.05, 3.63) is 23.9 Å². The van der Waals surface area contributed by atoms with E-state index >= 15 is 0 Å². The van der Waals surface area contributed by atoms with Gasteiger partial charge >= 0.3 is 0 Å². The van der Waals surface area contributed by atoms with Crippen molar-refractivity contribution in [2.24, 2.45) is 0 Å². The van der Waals surface area contributed by atoms with Gasteiger partial charge in [-0.15, -0.1) is 0 Å². The van der Waals surface area contributed by atoms with E-state index in [9.17, 15) is 5.11 Å². The summed E-state index contributed by atoms with van der Waals surface area (Å²) < 4.78 is 0. The van der Waals surface area contributed by atoms with E-state index in [4.69, 9.17) is 0 Å². The van der Waals surface area contributed by atoms with Gasteiger partial charge in [-0.1, -0.05) is 19.4 Å². The van der Waals surface area contributed by atoms with Gasteiger partial charge in [0.15, 0.2) is 0 Å². The second kappa shape index (κ2) is 3.96. The minimum Gasteiger partial charge on any atom is -0.267 e. The highest BCUT2D eigenvalue weighted by Crippen LogP contribution is 2.14. The summed E-state index contributed by atoms with van der Waals surface area (Å²) in [5.41, 5.74) is 0.842. The summed E-state index contributed by atoms with van der Waals surface area (Å²) in [7, 11) is 0. The van der Waals surface area contributed by atoms with Crippen LogP contribution in [0.3, 0.4) is 0 Å². The number of hydrogen-bond donors (Lipinski definition) is 0. The lowest BCUT2D eigenvalue weighted by atomic mass is 10.1. The van der Waals surface area contributed by atoms with Crippen LogP contribution >= 0.6 is 0 Å². The summed E-state index contributed by atoms with van der Waals surface area (Å²) in [5, 5.41) is 11.0. The molecule has 0 amide bonds. The van der Waals surface area contributed by atoms with Crippen LogP contribution in [-0.4, -0.2) is 4.98 Å². The van der Waals surface area contributed by atoms with Crippen molar-refractivity contribution in [3.63, 3.8) is 0 Å². The lowest BCUT2D eigenvalue weighted by Crippen LogP contribution is -1.85. The highest BCUT2D eigenvalue weighted by atomic mass is 16.3. The van der Waals surface area contributed by atoms with Gasteiger partial charge in [-0.25, -0.2) is 4.98 Å². The third kappa shape index (κ3) is 2.22. The van der Waals surface area contributed by atoms with Gasteiger partial charge in [0.25, 0.3) is 5.88 Å². The first kappa shape index (κ1) is 8.05. The molecule has 0 aliphatic rings. The summed E-state index contributed by atoms with van der Waals surface area (Å²) in [6, 6.07) is 3.66. The fraction of sp³-hybridized carbons (Fsp3) is 0.444. The lowest BCUT2D eigenvalue weighted by Gasteiger charge is -1.97. The molecule has 1 rings (SSSR count). The van der Waals surface area contributed by atoms with Crippen molar-refractivity contribution < 1.29 is 5.11 Å². The highest BCUT2D eigenvalue weighted by molar-refractivity contribution is 5.23. The van der Waals surface area contributed by atoms with Crippen LogP contribution in [0.4, 0.5) is 0 Å². The Morgan fingerprint density at radius 2 is 2.36 bits per heavy atom. The summed E-state index contributed by atoms with van der Waals surface area (Å²) in [5.74, 6) is -0.0686. The molecule has 11 heavy (non-hydrogen) atoms. The normalized spacial score (nSPS) is 9.91. The Kier molecular flexibility index (Phi) is 2.90. The Bertz CT molecular complexity index is 223. The molecule has 0 saturated heterocycles. The molecule has 0 aliphatic carbocycles. The molecule has 1 aromatic rings. The summed E-state index contributed by atoms with van der Waals surface area (Å²) in [6.45, 7) is 2.11. The summed E-state index contributed by atoms with van der Waals surface area (Å²) >= 11 is 0. The molecule has 0 aliphatic heterocycles. The number of aromatic nitrogens is 1. The zero-order valence-corrected chi connectivity index (χ0v) is 6.71. The van der Waals surface area contributed by atoms with Crippen LogP contribution in [0.2, 0.25) is 0 Å². The number of pyridine rings is 1. The molecule has 0 atom stereocenters. The zero-order valence-electron chi connectivity index (χ0n) is 6.71. The molecule has 2 heteroatoms. The van der Waals surface area contributed by atoms with Gasteiger partial charge in [0.1, 0.15) is 0 Å². The third-order valence-corrected chi connectivity index (χ3v) is 1.65. The fourth-order valence-electron chi connectivity index (χ4n) is 0.982. The Hall–Kier alpha value is -1.05. The molecule has 0 saturated carbocycles. The molecule has 59 valence electrons. The van der Waals surface area contributed by atoms with Crippen molar-refractivity contribution in [1.82, 2.24) is 4.98 Å². The average Bonchev–Trinajstić information content (AvgIpc) is 2.03. The quantitative estimate of drug-likeness (QED) is 0.651. The largest absolute Gasteiger partial charge is 0.272 e. The van der Waals surface area contributed by atoms with Crippen LogP contribution in [0.15, 0.2) is 18.3 Å². The molecular formula is C9H12NO. The summed E-state index contributed by atoms with van der Waals surface area (Å²) in [6.07, 6.45) is 4.59. The topological polar surface area (TPSA) is 32.8 Å². The molecule has 1 heterocycles. The maximum Gasteiger partial charge on any atom is 0.272 e. The molecule has 0 N–H and O–H groups in total. The minimum absolute atomic E-state index is 0.0686. The molecule has 2 nitrogen and oxygen atoms in total. The molecule has 0 spiro atoms.